The Kier molecular flexibility index (Phi) is 7.34. The summed E-state index contributed by atoms with van der Waals surface area (Å²) >= 11 is 3.25. The van der Waals surface area contributed by atoms with Gasteiger partial charge in [-0.1, -0.05) is 54.4 Å². The minimum atomic E-state index is -0.717. The summed E-state index contributed by atoms with van der Waals surface area (Å²) in [4.78, 5) is 18.1. The smallest absolute Gasteiger partial charge is 0.318 e. The zero-order chi connectivity index (χ0) is 19.3. The Morgan fingerprint density at radius 1 is 1.27 bits per heavy atom. The van der Waals surface area contributed by atoms with Crippen molar-refractivity contribution in [2.45, 2.75) is 37.3 Å². The van der Waals surface area contributed by atoms with Crippen molar-refractivity contribution in [1.29, 1.82) is 0 Å². The minimum absolute atomic E-state index is 0.238. The molecule has 0 saturated carbocycles. The number of thioether (sulfide) groups is 2. The van der Waals surface area contributed by atoms with E-state index in [9.17, 15) is 4.79 Å². The lowest BCUT2D eigenvalue weighted by Gasteiger charge is -2.24. The van der Waals surface area contributed by atoms with Crippen LogP contribution in [0, 0.1) is 0 Å². The van der Waals surface area contributed by atoms with E-state index in [-0.39, 0.29) is 5.54 Å². The van der Waals surface area contributed by atoms with Crippen molar-refractivity contribution in [3.8, 4) is 0 Å². The minimum Gasteiger partial charge on any atom is -0.468 e. The topological polar surface area (TPSA) is 57.1 Å². The Morgan fingerprint density at radius 2 is 1.92 bits per heavy atom. The van der Waals surface area contributed by atoms with Gasteiger partial charge >= 0.3 is 5.97 Å². The Hall–Kier alpha value is -1.28. The molecule has 0 aliphatic carbocycles. The van der Waals surface area contributed by atoms with Crippen molar-refractivity contribution in [2.75, 3.05) is 21.3 Å². The van der Waals surface area contributed by atoms with E-state index in [4.69, 9.17) is 19.2 Å². The van der Waals surface area contributed by atoms with Gasteiger partial charge in [-0.05, 0) is 25.0 Å². The third-order valence-corrected chi connectivity index (χ3v) is 6.61. The zero-order valence-corrected chi connectivity index (χ0v) is 17.4. The fraction of sp³-hybridized carbons (Fsp3) is 0.474. The average Bonchev–Trinajstić information content (AvgIpc) is 2.89. The molecule has 0 fully saturated rings. The molecular weight excluding hydrogens is 370 g/mol. The molecule has 5 nitrogen and oxygen atoms in total. The Morgan fingerprint density at radius 3 is 2.46 bits per heavy atom. The van der Waals surface area contributed by atoms with Gasteiger partial charge in [0.2, 0.25) is 0 Å². The van der Waals surface area contributed by atoms with Crippen LogP contribution in [-0.2, 0) is 24.8 Å². The molecule has 0 saturated heterocycles. The number of nitrogens with zero attached hydrogens (tertiary/aromatic N) is 1. The van der Waals surface area contributed by atoms with E-state index in [2.05, 4.69) is 20.4 Å². The van der Waals surface area contributed by atoms with Gasteiger partial charge in [0.15, 0.2) is 6.29 Å². The molecule has 0 N–H and O–H groups in total. The molecule has 1 aliphatic rings. The van der Waals surface area contributed by atoms with Crippen molar-refractivity contribution in [3.63, 3.8) is 0 Å². The molecule has 1 aromatic rings. The maximum Gasteiger partial charge on any atom is 0.318 e. The first-order valence-corrected chi connectivity index (χ1v) is 9.95. The van der Waals surface area contributed by atoms with E-state index in [0.29, 0.717) is 5.75 Å². The molecule has 0 aromatic heterocycles. The highest BCUT2D eigenvalue weighted by molar-refractivity contribution is 8.40. The number of benzene rings is 1. The first-order chi connectivity index (χ1) is 12.3. The molecule has 26 heavy (non-hydrogen) atoms. The van der Waals surface area contributed by atoms with Gasteiger partial charge in [-0.3, -0.25) is 9.79 Å². The number of carbonyl (C=O) groups is 1. The van der Waals surface area contributed by atoms with E-state index >= 15 is 0 Å². The largest absolute Gasteiger partial charge is 0.468 e. The highest BCUT2D eigenvalue weighted by Crippen LogP contribution is 2.42. The van der Waals surface area contributed by atoms with Crippen LogP contribution in [-0.4, -0.2) is 43.5 Å². The summed E-state index contributed by atoms with van der Waals surface area (Å²) in [6.45, 7) is 8.19. The van der Waals surface area contributed by atoms with E-state index in [1.54, 1.807) is 23.5 Å². The monoisotopic (exact) mass is 395 g/mol. The summed E-state index contributed by atoms with van der Waals surface area (Å²) in [6.07, 6.45) is -0.717. The summed E-state index contributed by atoms with van der Waals surface area (Å²) in [5.41, 5.74) is 1.62. The maximum atomic E-state index is 12.4. The molecule has 1 unspecified atom stereocenters. The molecule has 0 bridgehead atoms. The molecule has 7 heteroatoms. The SMILES string of the molecule is C=C1SC(SCc2ccccc2C(C(=O)OC)C(OC)OC)=NC1(C)C. The lowest BCUT2D eigenvalue weighted by atomic mass is 9.94. The van der Waals surface area contributed by atoms with E-state index in [1.807, 2.05) is 24.3 Å². The van der Waals surface area contributed by atoms with E-state index < -0.39 is 18.2 Å². The van der Waals surface area contributed by atoms with Crippen LogP contribution in [0.1, 0.15) is 30.9 Å². The van der Waals surface area contributed by atoms with Gasteiger partial charge in [-0.2, -0.15) is 0 Å². The molecule has 142 valence electrons. The second kappa shape index (κ2) is 9.08. The number of ether oxygens (including phenoxy) is 3. The summed E-state index contributed by atoms with van der Waals surface area (Å²) < 4.78 is 16.7. The van der Waals surface area contributed by atoms with Crippen molar-refractivity contribution >= 4 is 33.9 Å². The third kappa shape index (κ3) is 4.71. The van der Waals surface area contributed by atoms with Gasteiger partial charge in [0.25, 0.3) is 0 Å². The average molecular weight is 396 g/mol. The van der Waals surface area contributed by atoms with Crippen molar-refractivity contribution < 1.29 is 19.0 Å². The third-order valence-electron chi connectivity index (χ3n) is 4.20. The van der Waals surface area contributed by atoms with Crippen LogP contribution in [0.3, 0.4) is 0 Å². The number of methoxy groups -OCH3 is 3. The fourth-order valence-corrected chi connectivity index (χ4v) is 4.92. The fourth-order valence-electron chi connectivity index (χ4n) is 2.59. The molecule has 0 spiro atoms. The number of carbonyl (C=O) groups excluding carboxylic acids is 1. The first-order valence-electron chi connectivity index (χ1n) is 8.15. The number of rotatable bonds is 7. The zero-order valence-electron chi connectivity index (χ0n) is 15.8. The van der Waals surface area contributed by atoms with Gasteiger partial charge in [-0.25, -0.2) is 0 Å². The lowest BCUT2D eigenvalue weighted by Crippen LogP contribution is -2.31. The van der Waals surface area contributed by atoms with Gasteiger partial charge in [0.05, 0.1) is 12.6 Å². The standard InChI is InChI=1S/C19H25NO4S2/c1-12-19(2,3)20-18(26-12)25-11-13-9-7-8-10-14(13)15(16(21)22-4)17(23-5)24-6/h7-10,15,17H,1,11H2,2-6H3. The molecule has 1 heterocycles. The van der Waals surface area contributed by atoms with Gasteiger partial charge in [0.1, 0.15) is 10.3 Å². The van der Waals surface area contributed by atoms with Crippen molar-refractivity contribution in [1.82, 2.24) is 0 Å². The number of aliphatic imine (C=N–C) groups is 1. The molecule has 1 atom stereocenters. The Labute approximate surface area is 163 Å². The highest BCUT2D eigenvalue weighted by Gasteiger charge is 2.34. The van der Waals surface area contributed by atoms with Crippen LogP contribution in [0.15, 0.2) is 40.7 Å². The summed E-state index contributed by atoms with van der Waals surface area (Å²) in [7, 11) is 4.39. The van der Waals surface area contributed by atoms with Crippen LogP contribution in [0.2, 0.25) is 0 Å². The number of hydrogen-bond donors (Lipinski definition) is 0. The van der Waals surface area contributed by atoms with Crippen LogP contribution in [0.4, 0.5) is 0 Å². The van der Waals surface area contributed by atoms with Crippen LogP contribution >= 0.6 is 23.5 Å². The van der Waals surface area contributed by atoms with Crippen LogP contribution < -0.4 is 0 Å². The molecule has 1 aromatic carbocycles. The van der Waals surface area contributed by atoms with Gasteiger partial charge < -0.3 is 14.2 Å². The lowest BCUT2D eigenvalue weighted by molar-refractivity contribution is -0.163. The van der Waals surface area contributed by atoms with E-state index in [0.717, 1.165) is 20.4 Å². The predicted octanol–water partition coefficient (Wildman–Crippen LogP) is 4.19. The predicted molar refractivity (Wildman–Crippen MR) is 109 cm³/mol. The molecule has 0 amide bonds. The van der Waals surface area contributed by atoms with Gasteiger partial charge in [-0.15, -0.1) is 0 Å². The van der Waals surface area contributed by atoms with Crippen LogP contribution in [0.5, 0.6) is 0 Å². The summed E-state index contributed by atoms with van der Waals surface area (Å²) in [6, 6.07) is 7.76. The van der Waals surface area contributed by atoms with Gasteiger partial charge in [0, 0.05) is 24.9 Å². The second-order valence-electron chi connectivity index (χ2n) is 6.29. The van der Waals surface area contributed by atoms with Crippen molar-refractivity contribution in [2.24, 2.45) is 4.99 Å². The molecule has 1 aliphatic heterocycles. The van der Waals surface area contributed by atoms with Crippen LogP contribution in [0.25, 0.3) is 0 Å². The van der Waals surface area contributed by atoms with E-state index in [1.165, 1.54) is 21.3 Å². The molecule has 2 rings (SSSR count). The quantitative estimate of drug-likeness (QED) is 0.510. The Bertz CT molecular complexity index is 699. The molecule has 0 radical (unpaired) electrons. The van der Waals surface area contributed by atoms with Crippen molar-refractivity contribution in [3.05, 3.63) is 46.9 Å². The second-order valence-corrected chi connectivity index (χ2v) is 8.60. The highest BCUT2D eigenvalue weighted by atomic mass is 32.2. The maximum absolute atomic E-state index is 12.4. The first kappa shape index (κ1) is 21.0. The number of hydrogen-bond acceptors (Lipinski definition) is 7. The Balaban J connectivity index is 2.26. The molecular formula is C19H25NO4S2. The number of esters is 1. The summed E-state index contributed by atoms with van der Waals surface area (Å²) in [5.74, 6) is -0.367. The normalized spacial score (nSPS) is 17.3. The summed E-state index contributed by atoms with van der Waals surface area (Å²) in [5, 5.41) is 0.